The number of benzene rings is 2. The van der Waals surface area contributed by atoms with E-state index in [-0.39, 0.29) is 5.75 Å². The first-order valence-corrected chi connectivity index (χ1v) is 7.09. The van der Waals surface area contributed by atoms with Crippen molar-refractivity contribution in [2.24, 2.45) is 0 Å². The van der Waals surface area contributed by atoms with Crippen LogP contribution in [0.15, 0.2) is 78.0 Å². The standard InChI is InChI=1S/C19H15NO/c21-17-9-5-8-16(13-17)20-18-10-3-1-6-14(18)12-15-7-2-4-11-19(15)20/h1-6,8-13,21H,7H2. The molecule has 21 heavy (non-hydrogen) atoms. The SMILES string of the molecule is Oc1cccc(N2C3=CC=CCC3=Cc3ccccc32)c1. The van der Waals surface area contributed by atoms with Crippen LogP contribution in [0, 0.1) is 0 Å². The zero-order valence-electron chi connectivity index (χ0n) is 11.5. The van der Waals surface area contributed by atoms with E-state index in [0.29, 0.717) is 0 Å². The monoisotopic (exact) mass is 273 g/mol. The van der Waals surface area contributed by atoms with Gasteiger partial charge in [-0.25, -0.2) is 0 Å². The van der Waals surface area contributed by atoms with E-state index in [0.717, 1.165) is 17.8 Å². The Morgan fingerprint density at radius 3 is 2.81 bits per heavy atom. The summed E-state index contributed by atoms with van der Waals surface area (Å²) < 4.78 is 0. The number of hydrogen-bond acceptors (Lipinski definition) is 2. The molecule has 0 atom stereocenters. The van der Waals surface area contributed by atoms with E-state index >= 15 is 0 Å². The Kier molecular flexibility index (Phi) is 2.68. The summed E-state index contributed by atoms with van der Waals surface area (Å²) in [4.78, 5) is 2.22. The molecule has 1 aliphatic heterocycles. The average Bonchev–Trinajstić information content (AvgIpc) is 2.52. The molecule has 0 fully saturated rings. The fourth-order valence-electron chi connectivity index (χ4n) is 2.96. The number of rotatable bonds is 1. The van der Waals surface area contributed by atoms with Gasteiger partial charge in [0.05, 0.1) is 5.69 Å². The molecule has 0 spiro atoms. The molecular formula is C19H15NO. The third-order valence-electron chi connectivity index (χ3n) is 3.89. The fourth-order valence-corrected chi connectivity index (χ4v) is 2.96. The lowest BCUT2D eigenvalue weighted by atomic mass is 9.93. The van der Waals surface area contributed by atoms with Gasteiger partial charge in [0.2, 0.25) is 0 Å². The van der Waals surface area contributed by atoms with Gasteiger partial charge in [-0.05, 0) is 47.9 Å². The predicted octanol–water partition coefficient (Wildman–Crippen LogP) is 4.77. The highest BCUT2D eigenvalue weighted by molar-refractivity contribution is 5.86. The normalized spacial score (nSPS) is 15.9. The van der Waals surface area contributed by atoms with Crippen LogP contribution in [-0.2, 0) is 0 Å². The molecule has 1 aliphatic carbocycles. The molecule has 0 radical (unpaired) electrons. The van der Waals surface area contributed by atoms with E-state index in [1.54, 1.807) is 12.1 Å². The van der Waals surface area contributed by atoms with Crippen LogP contribution in [-0.4, -0.2) is 5.11 Å². The molecule has 2 heteroatoms. The molecule has 2 nitrogen and oxygen atoms in total. The van der Waals surface area contributed by atoms with E-state index < -0.39 is 0 Å². The maximum Gasteiger partial charge on any atom is 0.117 e. The topological polar surface area (TPSA) is 23.5 Å². The Morgan fingerprint density at radius 2 is 1.90 bits per heavy atom. The highest BCUT2D eigenvalue weighted by Gasteiger charge is 2.24. The highest BCUT2D eigenvalue weighted by atomic mass is 16.3. The van der Waals surface area contributed by atoms with Gasteiger partial charge >= 0.3 is 0 Å². The Hall–Kier alpha value is -2.74. The van der Waals surface area contributed by atoms with Gasteiger partial charge in [0.25, 0.3) is 0 Å². The smallest absolute Gasteiger partial charge is 0.117 e. The van der Waals surface area contributed by atoms with Crippen LogP contribution in [0.5, 0.6) is 5.75 Å². The third-order valence-corrected chi connectivity index (χ3v) is 3.89. The second kappa shape index (κ2) is 4.67. The lowest BCUT2D eigenvalue weighted by Gasteiger charge is -2.34. The summed E-state index contributed by atoms with van der Waals surface area (Å²) in [6.07, 6.45) is 9.59. The Bertz CT molecular complexity index is 799. The second-order valence-corrected chi connectivity index (χ2v) is 5.27. The molecule has 4 rings (SSSR count). The lowest BCUT2D eigenvalue weighted by molar-refractivity contribution is 0.475. The molecule has 0 aromatic heterocycles. The molecule has 2 aliphatic rings. The largest absolute Gasteiger partial charge is 0.508 e. The van der Waals surface area contributed by atoms with Crippen molar-refractivity contribution in [1.82, 2.24) is 0 Å². The molecule has 1 N–H and O–H groups in total. The van der Waals surface area contributed by atoms with Gasteiger partial charge in [-0.2, -0.15) is 0 Å². The summed E-state index contributed by atoms with van der Waals surface area (Å²) >= 11 is 0. The van der Waals surface area contributed by atoms with E-state index in [2.05, 4.69) is 47.4 Å². The summed E-state index contributed by atoms with van der Waals surface area (Å²) in [5.74, 6) is 0.285. The summed E-state index contributed by atoms with van der Waals surface area (Å²) in [5.41, 5.74) is 5.83. The minimum atomic E-state index is 0.285. The zero-order chi connectivity index (χ0) is 14.2. The van der Waals surface area contributed by atoms with Crippen molar-refractivity contribution in [3.63, 3.8) is 0 Å². The predicted molar refractivity (Wildman–Crippen MR) is 86.5 cm³/mol. The molecule has 0 amide bonds. The fraction of sp³-hybridized carbons (Fsp3) is 0.0526. The Labute approximate surface area is 124 Å². The first-order valence-electron chi connectivity index (χ1n) is 7.09. The summed E-state index contributed by atoms with van der Waals surface area (Å²) in [6.45, 7) is 0. The first kappa shape index (κ1) is 12.0. The van der Waals surface area contributed by atoms with Crippen LogP contribution in [0.25, 0.3) is 6.08 Å². The molecular weight excluding hydrogens is 258 g/mol. The van der Waals surface area contributed by atoms with Crippen LogP contribution in [0.4, 0.5) is 11.4 Å². The van der Waals surface area contributed by atoms with Crippen LogP contribution in [0.2, 0.25) is 0 Å². The number of nitrogens with zero attached hydrogens (tertiary/aromatic N) is 1. The zero-order valence-corrected chi connectivity index (χ0v) is 11.5. The average molecular weight is 273 g/mol. The molecule has 0 saturated heterocycles. The molecule has 0 saturated carbocycles. The van der Waals surface area contributed by atoms with Gasteiger partial charge in [-0.1, -0.05) is 36.4 Å². The number of allylic oxidation sites excluding steroid dienone is 4. The maximum absolute atomic E-state index is 9.81. The van der Waals surface area contributed by atoms with Crippen molar-refractivity contribution in [3.05, 3.63) is 83.6 Å². The number of anilines is 2. The summed E-state index contributed by atoms with van der Waals surface area (Å²) in [6, 6.07) is 15.8. The van der Waals surface area contributed by atoms with Crippen LogP contribution < -0.4 is 4.90 Å². The molecule has 0 bridgehead atoms. The van der Waals surface area contributed by atoms with Crippen molar-refractivity contribution in [2.75, 3.05) is 4.90 Å². The highest BCUT2D eigenvalue weighted by Crippen LogP contribution is 2.42. The molecule has 102 valence electrons. The minimum absolute atomic E-state index is 0.285. The number of aromatic hydroxyl groups is 1. The van der Waals surface area contributed by atoms with E-state index in [1.165, 1.54) is 16.8 Å². The Balaban J connectivity index is 1.96. The van der Waals surface area contributed by atoms with Crippen molar-refractivity contribution < 1.29 is 5.11 Å². The molecule has 1 heterocycles. The number of phenols is 1. The van der Waals surface area contributed by atoms with Crippen molar-refractivity contribution >= 4 is 17.5 Å². The summed E-state index contributed by atoms with van der Waals surface area (Å²) in [5, 5.41) is 9.81. The number of hydrogen-bond donors (Lipinski definition) is 1. The third kappa shape index (κ3) is 1.96. The number of phenolic OH excluding ortho intramolecular Hbond substituents is 1. The molecule has 2 aromatic rings. The van der Waals surface area contributed by atoms with Crippen LogP contribution in [0.1, 0.15) is 12.0 Å². The van der Waals surface area contributed by atoms with Gasteiger partial charge in [0.15, 0.2) is 0 Å². The van der Waals surface area contributed by atoms with Gasteiger partial charge in [-0.15, -0.1) is 0 Å². The van der Waals surface area contributed by atoms with Gasteiger partial charge < -0.3 is 10.0 Å². The number of fused-ring (bicyclic) bond motifs is 2. The van der Waals surface area contributed by atoms with E-state index in [4.69, 9.17) is 0 Å². The van der Waals surface area contributed by atoms with E-state index in [9.17, 15) is 5.11 Å². The molecule has 0 unspecified atom stereocenters. The van der Waals surface area contributed by atoms with E-state index in [1.807, 2.05) is 18.2 Å². The minimum Gasteiger partial charge on any atom is -0.508 e. The lowest BCUT2D eigenvalue weighted by Crippen LogP contribution is -2.22. The van der Waals surface area contributed by atoms with Crippen molar-refractivity contribution in [3.8, 4) is 5.75 Å². The first-order chi connectivity index (χ1) is 10.3. The second-order valence-electron chi connectivity index (χ2n) is 5.27. The Morgan fingerprint density at radius 1 is 1.00 bits per heavy atom. The van der Waals surface area contributed by atoms with Gasteiger partial charge in [0.1, 0.15) is 5.75 Å². The maximum atomic E-state index is 9.81. The van der Waals surface area contributed by atoms with Crippen LogP contribution in [0.3, 0.4) is 0 Å². The van der Waals surface area contributed by atoms with Gasteiger partial charge in [-0.3, -0.25) is 0 Å². The van der Waals surface area contributed by atoms with Gasteiger partial charge in [0, 0.05) is 17.5 Å². The van der Waals surface area contributed by atoms with Crippen LogP contribution >= 0.6 is 0 Å². The quantitative estimate of drug-likeness (QED) is 0.809. The molecule has 2 aromatic carbocycles. The van der Waals surface area contributed by atoms with Crippen molar-refractivity contribution in [2.45, 2.75) is 6.42 Å². The number of para-hydroxylation sites is 1. The van der Waals surface area contributed by atoms with Crippen molar-refractivity contribution in [1.29, 1.82) is 0 Å². The summed E-state index contributed by atoms with van der Waals surface area (Å²) in [7, 11) is 0.